The molecule has 0 aliphatic heterocycles. The standard InChI is InChI=1S/C17H13ClN2O3/c18-12-5-7-13(8-6-12)20-16-4-2-1-3-14(16)19-15(17(20)22)9-10-23-11-21/h1-8,11H,9-10H2. The topological polar surface area (TPSA) is 61.2 Å². The minimum Gasteiger partial charge on any atom is -0.467 e. The first-order chi connectivity index (χ1) is 11.2. The monoisotopic (exact) mass is 328 g/mol. The van der Waals surface area contributed by atoms with Crippen LogP contribution in [-0.4, -0.2) is 22.6 Å². The zero-order valence-electron chi connectivity index (χ0n) is 12.1. The summed E-state index contributed by atoms with van der Waals surface area (Å²) in [5.74, 6) is 0. The Morgan fingerprint density at radius 1 is 1.13 bits per heavy atom. The van der Waals surface area contributed by atoms with Gasteiger partial charge in [0.2, 0.25) is 0 Å². The van der Waals surface area contributed by atoms with Crippen LogP contribution in [0.15, 0.2) is 53.3 Å². The summed E-state index contributed by atoms with van der Waals surface area (Å²) in [5.41, 5.74) is 2.22. The van der Waals surface area contributed by atoms with E-state index in [1.807, 2.05) is 24.3 Å². The van der Waals surface area contributed by atoms with Gasteiger partial charge in [0.25, 0.3) is 12.0 Å². The fraction of sp³-hybridized carbons (Fsp3) is 0.118. The van der Waals surface area contributed by atoms with Crippen LogP contribution in [0.4, 0.5) is 0 Å². The van der Waals surface area contributed by atoms with Gasteiger partial charge in [-0.1, -0.05) is 23.7 Å². The molecule has 0 N–H and O–H groups in total. The third kappa shape index (κ3) is 3.10. The Bertz CT molecular complexity index is 904. The van der Waals surface area contributed by atoms with Crippen molar-refractivity contribution in [3.8, 4) is 5.69 Å². The maximum atomic E-state index is 12.8. The van der Waals surface area contributed by atoms with Gasteiger partial charge in [-0.15, -0.1) is 0 Å². The minimum atomic E-state index is -0.236. The van der Waals surface area contributed by atoms with Gasteiger partial charge in [0, 0.05) is 17.1 Å². The highest BCUT2D eigenvalue weighted by molar-refractivity contribution is 6.30. The van der Waals surface area contributed by atoms with E-state index in [2.05, 4.69) is 9.72 Å². The van der Waals surface area contributed by atoms with Crippen molar-refractivity contribution >= 4 is 29.1 Å². The number of carbonyl (C=O) groups excluding carboxylic acids is 1. The minimum absolute atomic E-state index is 0.116. The summed E-state index contributed by atoms with van der Waals surface area (Å²) in [6.45, 7) is 0.476. The normalized spacial score (nSPS) is 10.7. The van der Waals surface area contributed by atoms with Gasteiger partial charge in [0.15, 0.2) is 0 Å². The second-order valence-electron chi connectivity index (χ2n) is 4.88. The van der Waals surface area contributed by atoms with Gasteiger partial charge in [0.1, 0.15) is 5.69 Å². The fourth-order valence-electron chi connectivity index (χ4n) is 2.39. The predicted octanol–water partition coefficient (Wildman–Crippen LogP) is 2.75. The molecule has 0 spiro atoms. The van der Waals surface area contributed by atoms with E-state index >= 15 is 0 Å². The van der Waals surface area contributed by atoms with E-state index in [-0.39, 0.29) is 18.6 Å². The predicted molar refractivity (Wildman–Crippen MR) is 88.1 cm³/mol. The number of ether oxygens (including phenoxy) is 1. The molecule has 116 valence electrons. The molecule has 0 aliphatic rings. The molecule has 6 heteroatoms. The molecule has 5 nitrogen and oxygen atoms in total. The summed E-state index contributed by atoms with van der Waals surface area (Å²) in [5, 5.41) is 0.597. The van der Waals surface area contributed by atoms with Gasteiger partial charge in [-0.25, -0.2) is 4.98 Å². The van der Waals surface area contributed by atoms with Crippen LogP contribution >= 0.6 is 11.6 Å². The zero-order chi connectivity index (χ0) is 16.2. The van der Waals surface area contributed by atoms with Crippen LogP contribution in [0.2, 0.25) is 5.02 Å². The van der Waals surface area contributed by atoms with E-state index in [1.54, 1.807) is 28.8 Å². The summed E-state index contributed by atoms with van der Waals surface area (Å²) >= 11 is 5.92. The van der Waals surface area contributed by atoms with Crippen molar-refractivity contribution in [3.63, 3.8) is 0 Å². The molecule has 0 saturated carbocycles. The summed E-state index contributed by atoms with van der Waals surface area (Å²) < 4.78 is 6.27. The number of aromatic nitrogens is 2. The number of benzene rings is 2. The Morgan fingerprint density at radius 3 is 2.61 bits per heavy atom. The Morgan fingerprint density at radius 2 is 1.87 bits per heavy atom. The number of hydrogen-bond donors (Lipinski definition) is 0. The lowest BCUT2D eigenvalue weighted by atomic mass is 10.2. The first-order valence-electron chi connectivity index (χ1n) is 7.02. The SMILES string of the molecule is O=COCCc1nc2ccccc2n(-c2ccc(Cl)cc2)c1=O. The van der Waals surface area contributed by atoms with Crippen LogP contribution in [-0.2, 0) is 16.0 Å². The van der Waals surface area contributed by atoms with Crippen LogP contribution in [0.5, 0.6) is 0 Å². The second-order valence-corrected chi connectivity index (χ2v) is 5.32. The van der Waals surface area contributed by atoms with E-state index in [0.29, 0.717) is 33.9 Å². The van der Waals surface area contributed by atoms with Crippen molar-refractivity contribution in [1.82, 2.24) is 9.55 Å². The molecular weight excluding hydrogens is 316 g/mol. The van der Waals surface area contributed by atoms with E-state index < -0.39 is 0 Å². The Kier molecular flexibility index (Phi) is 4.39. The van der Waals surface area contributed by atoms with Crippen molar-refractivity contribution in [3.05, 3.63) is 69.6 Å². The van der Waals surface area contributed by atoms with Gasteiger partial charge in [0.05, 0.1) is 17.6 Å². The van der Waals surface area contributed by atoms with Crippen molar-refractivity contribution in [2.75, 3.05) is 6.61 Å². The van der Waals surface area contributed by atoms with Crippen LogP contribution in [0.1, 0.15) is 5.69 Å². The molecule has 0 amide bonds. The number of rotatable bonds is 5. The molecule has 0 unspecified atom stereocenters. The van der Waals surface area contributed by atoms with Crippen LogP contribution in [0, 0.1) is 0 Å². The van der Waals surface area contributed by atoms with Gasteiger partial charge in [-0.2, -0.15) is 0 Å². The quantitative estimate of drug-likeness (QED) is 0.534. The summed E-state index contributed by atoms with van der Waals surface area (Å²) in [4.78, 5) is 27.5. The van der Waals surface area contributed by atoms with Crippen molar-refractivity contribution in [1.29, 1.82) is 0 Å². The molecule has 23 heavy (non-hydrogen) atoms. The van der Waals surface area contributed by atoms with Crippen molar-refractivity contribution < 1.29 is 9.53 Å². The summed E-state index contributed by atoms with van der Waals surface area (Å²) in [6, 6.07) is 14.4. The first-order valence-corrected chi connectivity index (χ1v) is 7.40. The molecule has 0 aliphatic carbocycles. The molecule has 1 heterocycles. The highest BCUT2D eigenvalue weighted by Gasteiger charge is 2.12. The highest BCUT2D eigenvalue weighted by atomic mass is 35.5. The third-order valence-corrected chi connectivity index (χ3v) is 3.69. The Labute approximate surface area is 137 Å². The zero-order valence-corrected chi connectivity index (χ0v) is 12.9. The van der Waals surface area contributed by atoms with Crippen LogP contribution in [0.25, 0.3) is 16.7 Å². The molecule has 0 atom stereocenters. The van der Waals surface area contributed by atoms with Crippen molar-refractivity contribution in [2.24, 2.45) is 0 Å². The number of hydrogen-bond acceptors (Lipinski definition) is 4. The largest absolute Gasteiger partial charge is 0.467 e. The average molecular weight is 329 g/mol. The van der Waals surface area contributed by atoms with Crippen molar-refractivity contribution in [2.45, 2.75) is 6.42 Å². The summed E-state index contributed by atoms with van der Waals surface area (Å²) in [7, 11) is 0. The van der Waals surface area contributed by atoms with Gasteiger partial charge >= 0.3 is 0 Å². The smallest absolute Gasteiger partial charge is 0.293 e. The Balaban J connectivity index is 2.21. The second kappa shape index (κ2) is 6.62. The number of nitrogens with zero attached hydrogens (tertiary/aromatic N) is 2. The molecule has 2 aromatic carbocycles. The lowest BCUT2D eigenvalue weighted by Crippen LogP contribution is -2.25. The van der Waals surface area contributed by atoms with Crippen LogP contribution < -0.4 is 5.56 Å². The molecule has 0 fully saturated rings. The van der Waals surface area contributed by atoms with Gasteiger partial charge in [-0.05, 0) is 36.4 Å². The Hall–Kier alpha value is -2.66. The third-order valence-electron chi connectivity index (χ3n) is 3.44. The van der Waals surface area contributed by atoms with E-state index in [1.165, 1.54) is 0 Å². The first kappa shape index (κ1) is 15.2. The fourth-order valence-corrected chi connectivity index (χ4v) is 2.52. The molecule has 0 radical (unpaired) electrons. The molecule has 3 rings (SSSR count). The molecule has 0 bridgehead atoms. The van der Waals surface area contributed by atoms with Gasteiger partial charge in [-0.3, -0.25) is 14.2 Å². The van der Waals surface area contributed by atoms with E-state index in [0.717, 1.165) is 0 Å². The average Bonchev–Trinajstić information content (AvgIpc) is 2.57. The number of halogens is 1. The lowest BCUT2D eigenvalue weighted by Gasteiger charge is -2.12. The maximum Gasteiger partial charge on any atom is 0.293 e. The number of fused-ring (bicyclic) bond motifs is 1. The molecule has 1 aromatic heterocycles. The van der Waals surface area contributed by atoms with Gasteiger partial charge < -0.3 is 4.74 Å². The lowest BCUT2D eigenvalue weighted by molar-refractivity contribution is -0.128. The summed E-state index contributed by atoms with van der Waals surface area (Å²) in [6.07, 6.45) is 0.260. The highest BCUT2D eigenvalue weighted by Crippen LogP contribution is 2.17. The van der Waals surface area contributed by atoms with E-state index in [9.17, 15) is 9.59 Å². The maximum absolute atomic E-state index is 12.8. The number of carbonyl (C=O) groups is 1. The number of para-hydroxylation sites is 2. The van der Waals surface area contributed by atoms with E-state index in [4.69, 9.17) is 11.6 Å². The molecular formula is C17H13ClN2O3. The molecule has 0 saturated heterocycles. The molecule has 3 aromatic rings. The van der Waals surface area contributed by atoms with Crippen LogP contribution in [0.3, 0.4) is 0 Å².